The highest BCUT2D eigenvalue weighted by atomic mass is 28.4. The van der Waals surface area contributed by atoms with Gasteiger partial charge < -0.3 is 8.85 Å². The summed E-state index contributed by atoms with van der Waals surface area (Å²) in [5.74, 6) is 0. The molecule has 0 aliphatic heterocycles. The fourth-order valence-corrected chi connectivity index (χ4v) is 5.22. The van der Waals surface area contributed by atoms with Crippen LogP contribution in [0.25, 0.3) is 0 Å². The van der Waals surface area contributed by atoms with Crippen molar-refractivity contribution in [3.8, 4) is 0 Å². The summed E-state index contributed by atoms with van der Waals surface area (Å²) in [6.45, 7) is 10.2. The number of hydrogen-bond acceptors (Lipinski definition) is 2. The van der Waals surface area contributed by atoms with Crippen LogP contribution < -0.4 is 0 Å². The first-order chi connectivity index (χ1) is 9.68. The van der Waals surface area contributed by atoms with E-state index in [2.05, 4.69) is 27.3 Å². The Balaban J connectivity index is 3.41. The second-order valence-corrected chi connectivity index (χ2v) is 9.28. The van der Waals surface area contributed by atoms with Gasteiger partial charge in [0, 0.05) is 13.2 Å². The van der Waals surface area contributed by atoms with E-state index in [0.29, 0.717) is 0 Å². The van der Waals surface area contributed by atoms with Gasteiger partial charge in [-0.05, 0) is 26.4 Å². The van der Waals surface area contributed by atoms with Gasteiger partial charge in [-0.1, -0.05) is 71.1 Å². The van der Waals surface area contributed by atoms with Gasteiger partial charge in [-0.25, -0.2) is 0 Å². The third-order valence-electron chi connectivity index (χ3n) is 3.88. The number of rotatable bonds is 15. The fraction of sp³-hybridized carbons (Fsp3) is 1.00. The highest BCUT2D eigenvalue weighted by molar-refractivity contribution is 6.66. The van der Waals surface area contributed by atoms with Crippen molar-refractivity contribution in [1.29, 1.82) is 0 Å². The zero-order chi connectivity index (χ0) is 15.1. The minimum Gasteiger partial charge on any atom is -0.395 e. The van der Waals surface area contributed by atoms with Gasteiger partial charge in [0.2, 0.25) is 0 Å². The molecule has 0 saturated carbocycles. The molecule has 0 spiro atoms. The Kier molecular flexibility index (Phi) is 14.2. The zero-order valence-corrected chi connectivity index (χ0v) is 15.5. The Labute approximate surface area is 128 Å². The van der Waals surface area contributed by atoms with E-state index in [-0.39, 0.29) is 0 Å². The summed E-state index contributed by atoms with van der Waals surface area (Å²) >= 11 is 0. The van der Waals surface area contributed by atoms with Crippen LogP contribution in [0.2, 0.25) is 12.6 Å². The maximum Gasteiger partial charge on any atom is 0.334 e. The lowest BCUT2D eigenvalue weighted by molar-refractivity contribution is 0.188. The van der Waals surface area contributed by atoms with E-state index in [4.69, 9.17) is 8.85 Å². The largest absolute Gasteiger partial charge is 0.395 e. The molecular formula is C17H38O2Si. The average molecular weight is 303 g/mol. The van der Waals surface area contributed by atoms with E-state index >= 15 is 0 Å². The van der Waals surface area contributed by atoms with Gasteiger partial charge in [0.1, 0.15) is 0 Å². The lowest BCUT2D eigenvalue weighted by Crippen LogP contribution is -2.38. The Bertz CT molecular complexity index is 191. The van der Waals surface area contributed by atoms with Crippen molar-refractivity contribution in [2.45, 2.75) is 97.6 Å². The van der Waals surface area contributed by atoms with Gasteiger partial charge >= 0.3 is 8.56 Å². The second kappa shape index (κ2) is 14.1. The average Bonchev–Trinajstić information content (AvgIpc) is 2.41. The lowest BCUT2D eigenvalue weighted by Gasteiger charge is -2.25. The SMILES string of the molecule is CCCCCCCCCCCC[Si](C)(OCC)OCC. The van der Waals surface area contributed by atoms with Gasteiger partial charge in [-0.3, -0.25) is 0 Å². The zero-order valence-electron chi connectivity index (χ0n) is 14.5. The molecule has 3 heteroatoms. The summed E-state index contributed by atoms with van der Waals surface area (Å²) in [5, 5.41) is 0. The third-order valence-corrected chi connectivity index (χ3v) is 6.94. The summed E-state index contributed by atoms with van der Waals surface area (Å²) in [7, 11) is -1.84. The van der Waals surface area contributed by atoms with Gasteiger partial charge in [0.05, 0.1) is 0 Å². The predicted octanol–water partition coefficient (Wildman–Crippen LogP) is 6.05. The third kappa shape index (κ3) is 11.9. The smallest absolute Gasteiger partial charge is 0.334 e. The Morgan fingerprint density at radius 1 is 0.600 bits per heavy atom. The van der Waals surface area contributed by atoms with Crippen LogP contribution in [0, 0.1) is 0 Å². The van der Waals surface area contributed by atoms with Crippen molar-refractivity contribution >= 4 is 8.56 Å². The van der Waals surface area contributed by atoms with Crippen LogP contribution in [0.4, 0.5) is 0 Å². The highest BCUT2D eigenvalue weighted by Gasteiger charge is 2.29. The quantitative estimate of drug-likeness (QED) is 0.271. The highest BCUT2D eigenvalue weighted by Crippen LogP contribution is 2.19. The molecule has 0 aliphatic carbocycles. The first-order valence-corrected chi connectivity index (χ1v) is 11.5. The molecule has 0 rings (SSSR count). The van der Waals surface area contributed by atoms with Gasteiger partial charge in [-0.15, -0.1) is 0 Å². The molecule has 0 aromatic carbocycles. The molecule has 0 saturated heterocycles. The van der Waals surface area contributed by atoms with Crippen molar-refractivity contribution < 1.29 is 8.85 Å². The molecule has 2 nitrogen and oxygen atoms in total. The van der Waals surface area contributed by atoms with Crippen molar-refractivity contribution in [1.82, 2.24) is 0 Å². The molecule has 0 aromatic rings. The van der Waals surface area contributed by atoms with Gasteiger partial charge in [0.15, 0.2) is 0 Å². The van der Waals surface area contributed by atoms with Crippen molar-refractivity contribution in [2.24, 2.45) is 0 Å². The van der Waals surface area contributed by atoms with Gasteiger partial charge in [-0.2, -0.15) is 0 Å². The molecule has 0 fully saturated rings. The maximum atomic E-state index is 5.87. The lowest BCUT2D eigenvalue weighted by atomic mass is 10.1. The van der Waals surface area contributed by atoms with Crippen LogP contribution in [0.5, 0.6) is 0 Å². The first-order valence-electron chi connectivity index (χ1n) is 8.96. The normalized spacial score (nSPS) is 12.0. The fourth-order valence-electron chi connectivity index (χ4n) is 2.73. The summed E-state index contributed by atoms with van der Waals surface area (Å²) in [4.78, 5) is 0. The Hall–Kier alpha value is 0.137. The second-order valence-electron chi connectivity index (χ2n) is 5.93. The molecule has 0 atom stereocenters. The summed E-state index contributed by atoms with van der Waals surface area (Å²) < 4.78 is 11.7. The van der Waals surface area contributed by atoms with Crippen LogP contribution in [0.1, 0.15) is 85.0 Å². The standard InChI is InChI=1S/C17H38O2Si/c1-5-8-9-10-11-12-13-14-15-16-17-20(4,18-6-2)19-7-3/h5-17H2,1-4H3. The van der Waals surface area contributed by atoms with Crippen LogP contribution in [0.3, 0.4) is 0 Å². The minimum atomic E-state index is -1.84. The van der Waals surface area contributed by atoms with Crippen LogP contribution in [0.15, 0.2) is 0 Å². The van der Waals surface area contributed by atoms with E-state index < -0.39 is 8.56 Å². The van der Waals surface area contributed by atoms with Crippen molar-refractivity contribution in [3.63, 3.8) is 0 Å². The molecule has 0 radical (unpaired) electrons. The molecule has 0 heterocycles. The molecule has 20 heavy (non-hydrogen) atoms. The monoisotopic (exact) mass is 302 g/mol. The van der Waals surface area contributed by atoms with Crippen LogP contribution in [-0.2, 0) is 8.85 Å². The van der Waals surface area contributed by atoms with Crippen molar-refractivity contribution in [3.05, 3.63) is 0 Å². The first kappa shape index (κ1) is 20.1. The minimum absolute atomic E-state index is 0.792. The summed E-state index contributed by atoms with van der Waals surface area (Å²) in [6.07, 6.45) is 13.9. The molecule has 0 aliphatic rings. The van der Waals surface area contributed by atoms with Crippen LogP contribution in [-0.4, -0.2) is 21.8 Å². The van der Waals surface area contributed by atoms with E-state index in [1.54, 1.807) is 0 Å². The topological polar surface area (TPSA) is 18.5 Å². The number of hydrogen-bond donors (Lipinski definition) is 0. The van der Waals surface area contributed by atoms with E-state index in [1.807, 2.05) is 0 Å². The molecule has 0 amide bonds. The predicted molar refractivity (Wildman–Crippen MR) is 91.5 cm³/mol. The van der Waals surface area contributed by atoms with E-state index in [1.165, 1.54) is 64.2 Å². The molecule has 122 valence electrons. The Morgan fingerprint density at radius 3 is 1.40 bits per heavy atom. The van der Waals surface area contributed by atoms with E-state index in [9.17, 15) is 0 Å². The van der Waals surface area contributed by atoms with E-state index in [0.717, 1.165) is 19.3 Å². The maximum absolute atomic E-state index is 5.87. The molecule has 0 N–H and O–H groups in total. The van der Waals surface area contributed by atoms with Crippen molar-refractivity contribution in [2.75, 3.05) is 13.2 Å². The summed E-state index contributed by atoms with van der Waals surface area (Å²) in [5.41, 5.74) is 0. The summed E-state index contributed by atoms with van der Waals surface area (Å²) in [6, 6.07) is 1.16. The van der Waals surface area contributed by atoms with Crippen LogP contribution >= 0.6 is 0 Å². The Morgan fingerprint density at radius 2 is 1.00 bits per heavy atom. The van der Waals surface area contributed by atoms with Gasteiger partial charge in [0.25, 0.3) is 0 Å². The molecule has 0 aromatic heterocycles. The molecule has 0 unspecified atom stereocenters. The molecular weight excluding hydrogens is 264 g/mol. The number of unbranched alkanes of at least 4 members (excludes halogenated alkanes) is 9. The molecule has 0 bridgehead atoms.